The Morgan fingerprint density at radius 3 is 2.50 bits per heavy atom. The first-order valence-electron chi connectivity index (χ1n) is 7.71. The molecule has 0 aliphatic carbocycles. The minimum atomic E-state index is 0.575. The van der Waals surface area contributed by atoms with E-state index in [-0.39, 0.29) is 0 Å². The minimum Gasteiger partial charge on any atom is -0.495 e. The third-order valence-electron chi connectivity index (χ3n) is 3.66. The van der Waals surface area contributed by atoms with E-state index in [1.54, 1.807) is 13.2 Å². The molecule has 22 heavy (non-hydrogen) atoms. The number of nitriles is 1. The van der Waals surface area contributed by atoms with Crippen LogP contribution in [0.5, 0.6) is 5.75 Å². The fourth-order valence-corrected chi connectivity index (χ4v) is 2.40. The average Bonchev–Trinajstić information content (AvgIpc) is 2.57. The molecule has 3 nitrogen and oxygen atoms in total. The summed E-state index contributed by atoms with van der Waals surface area (Å²) < 4.78 is 5.34. The van der Waals surface area contributed by atoms with Gasteiger partial charge in [0.2, 0.25) is 0 Å². The Hall–Kier alpha value is -2.47. The number of nitrogens with zero attached hydrogens (tertiary/aromatic N) is 1. The number of methoxy groups -OCH3 is 1. The first kappa shape index (κ1) is 15.9. The maximum absolute atomic E-state index is 9.24. The molecule has 3 heteroatoms. The van der Waals surface area contributed by atoms with E-state index < -0.39 is 0 Å². The molecule has 0 fully saturated rings. The Bertz CT molecular complexity index is 641. The van der Waals surface area contributed by atoms with Crippen molar-refractivity contribution in [1.82, 2.24) is 0 Å². The molecule has 2 aromatic rings. The molecule has 0 spiro atoms. The fraction of sp³-hybridized carbons (Fsp3) is 0.316. The number of anilines is 2. The van der Waals surface area contributed by atoms with E-state index in [2.05, 4.69) is 42.6 Å². The molecular weight excluding hydrogens is 272 g/mol. The lowest BCUT2D eigenvalue weighted by Gasteiger charge is -2.13. The third-order valence-corrected chi connectivity index (χ3v) is 3.66. The summed E-state index contributed by atoms with van der Waals surface area (Å²) in [6.45, 7) is 2.22. The molecule has 0 unspecified atom stereocenters. The Morgan fingerprint density at radius 2 is 1.86 bits per heavy atom. The second-order valence-corrected chi connectivity index (χ2v) is 5.27. The van der Waals surface area contributed by atoms with E-state index in [0.717, 1.165) is 12.1 Å². The van der Waals surface area contributed by atoms with Crippen LogP contribution in [0.3, 0.4) is 0 Å². The van der Waals surface area contributed by atoms with Gasteiger partial charge >= 0.3 is 0 Å². The second kappa shape index (κ2) is 8.09. The largest absolute Gasteiger partial charge is 0.495 e. The fourth-order valence-electron chi connectivity index (χ4n) is 2.40. The highest BCUT2D eigenvalue weighted by molar-refractivity contribution is 5.72. The number of unbranched alkanes of at least 4 members (excludes halogenated alkanes) is 2. The smallest absolute Gasteiger partial charge is 0.143 e. The number of ether oxygens (including phenoxy) is 1. The maximum atomic E-state index is 9.24. The van der Waals surface area contributed by atoms with Gasteiger partial charge < -0.3 is 10.1 Å². The van der Waals surface area contributed by atoms with Gasteiger partial charge in [-0.05, 0) is 42.7 Å². The van der Waals surface area contributed by atoms with Crippen molar-refractivity contribution in [3.8, 4) is 11.8 Å². The van der Waals surface area contributed by atoms with Crippen LogP contribution in [0, 0.1) is 11.3 Å². The lowest BCUT2D eigenvalue weighted by molar-refractivity contribution is 0.416. The van der Waals surface area contributed by atoms with Crippen molar-refractivity contribution in [1.29, 1.82) is 5.26 Å². The summed E-state index contributed by atoms with van der Waals surface area (Å²) in [4.78, 5) is 0. The van der Waals surface area contributed by atoms with Gasteiger partial charge in [0.15, 0.2) is 0 Å². The van der Waals surface area contributed by atoms with Crippen LogP contribution in [0.4, 0.5) is 11.4 Å². The molecular formula is C19H22N2O. The van der Waals surface area contributed by atoms with E-state index in [4.69, 9.17) is 4.74 Å². The van der Waals surface area contributed by atoms with Crippen LogP contribution in [0.25, 0.3) is 0 Å². The number of para-hydroxylation sites is 1. The number of aryl methyl sites for hydroxylation is 1. The molecule has 2 aromatic carbocycles. The molecule has 0 heterocycles. The summed E-state index contributed by atoms with van der Waals surface area (Å²) in [7, 11) is 1.61. The van der Waals surface area contributed by atoms with E-state index in [1.807, 2.05) is 12.1 Å². The van der Waals surface area contributed by atoms with Gasteiger partial charge in [-0.25, -0.2) is 0 Å². The van der Waals surface area contributed by atoms with Gasteiger partial charge in [-0.2, -0.15) is 5.26 Å². The number of hydrogen-bond acceptors (Lipinski definition) is 3. The molecule has 0 radical (unpaired) electrons. The lowest BCUT2D eigenvalue weighted by Crippen LogP contribution is -1.97. The van der Waals surface area contributed by atoms with Crippen LogP contribution in [0.1, 0.15) is 37.3 Å². The number of benzene rings is 2. The molecule has 0 aliphatic rings. The quantitative estimate of drug-likeness (QED) is 0.727. The Labute approximate surface area is 132 Å². The molecule has 0 aliphatic heterocycles. The van der Waals surface area contributed by atoms with E-state index >= 15 is 0 Å². The van der Waals surface area contributed by atoms with E-state index in [1.165, 1.54) is 24.8 Å². The van der Waals surface area contributed by atoms with E-state index in [0.29, 0.717) is 17.0 Å². The monoisotopic (exact) mass is 294 g/mol. The zero-order valence-electron chi connectivity index (χ0n) is 13.2. The molecule has 114 valence electrons. The first-order chi connectivity index (χ1) is 10.8. The minimum absolute atomic E-state index is 0.575. The molecule has 0 aromatic heterocycles. The molecule has 2 rings (SSSR count). The van der Waals surface area contributed by atoms with Crippen LogP contribution < -0.4 is 10.1 Å². The van der Waals surface area contributed by atoms with Gasteiger partial charge in [0.1, 0.15) is 11.8 Å². The molecule has 1 N–H and O–H groups in total. The van der Waals surface area contributed by atoms with Crippen molar-refractivity contribution in [2.24, 2.45) is 0 Å². The van der Waals surface area contributed by atoms with Crippen molar-refractivity contribution in [2.75, 3.05) is 12.4 Å². The summed E-state index contributed by atoms with van der Waals surface area (Å²) in [5, 5.41) is 12.5. The highest BCUT2D eigenvalue weighted by Gasteiger charge is 2.08. The highest BCUT2D eigenvalue weighted by atomic mass is 16.5. The predicted octanol–water partition coefficient (Wildman–Crippen LogP) is 5.04. The summed E-state index contributed by atoms with van der Waals surface area (Å²) >= 11 is 0. The molecule has 0 saturated carbocycles. The predicted molar refractivity (Wildman–Crippen MR) is 90.7 cm³/mol. The molecule has 0 bridgehead atoms. The van der Waals surface area contributed by atoms with Crippen LogP contribution in [0.2, 0.25) is 0 Å². The zero-order chi connectivity index (χ0) is 15.8. The summed E-state index contributed by atoms with van der Waals surface area (Å²) in [5.41, 5.74) is 3.59. The summed E-state index contributed by atoms with van der Waals surface area (Å²) in [6.07, 6.45) is 4.86. The lowest BCUT2D eigenvalue weighted by atomic mass is 10.1. The van der Waals surface area contributed by atoms with E-state index in [9.17, 15) is 5.26 Å². The van der Waals surface area contributed by atoms with Crippen molar-refractivity contribution in [3.63, 3.8) is 0 Å². The van der Waals surface area contributed by atoms with Crippen molar-refractivity contribution in [3.05, 3.63) is 53.6 Å². The van der Waals surface area contributed by atoms with Crippen molar-refractivity contribution in [2.45, 2.75) is 32.6 Å². The number of hydrogen-bond donors (Lipinski definition) is 1. The van der Waals surface area contributed by atoms with Crippen LogP contribution in [-0.2, 0) is 6.42 Å². The van der Waals surface area contributed by atoms with Gasteiger partial charge in [-0.15, -0.1) is 0 Å². The highest BCUT2D eigenvalue weighted by Crippen LogP contribution is 2.31. The SMILES string of the molecule is CCCCCc1ccc(Nc2c(C#N)cccc2OC)cc1. The summed E-state index contributed by atoms with van der Waals surface area (Å²) in [6, 6.07) is 16.0. The Morgan fingerprint density at radius 1 is 1.09 bits per heavy atom. The first-order valence-corrected chi connectivity index (χ1v) is 7.71. The maximum Gasteiger partial charge on any atom is 0.143 e. The number of rotatable bonds is 7. The molecule has 0 saturated heterocycles. The third kappa shape index (κ3) is 4.02. The molecule has 0 amide bonds. The van der Waals surface area contributed by atoms with Crippen LogP contribution in [-0.4, -0.2) is 7.11 Å². The normalized spacial score (nSPS) is 10.0. The molecule has 0 atom stereocenters. The summed E-state index contributed by atoms with van der Waals surface area (Å²) in [5.74, 6) is 0.672. The zero-order valence-corrected chi connectivity index (χ0v) is 13.2. The van der Waals surface area contributed by atoms with Gasteiger partial charge in [-0.3, -0.25) is 0 Å². The topological polar surface area (TPSA) is 45.0 Å². The standard InChI is InChI=1S/C19H22N2O/c1-3-4-5-7-15-10-12-17(13-11-15)21-19-16(14-20)8-6-9-18(19)22-2/h6,8-13,21H,3-5,7H2,1-2H3. The van der Waals surface area contributed by atoms with Gasteiger partial charge in [-0.1, -0.05) is 38.0 Å². The number of nitrogens with one attached hydrogen (secondary N) is 1. The van der Waals surface area contributed by atoms with Crippen molar-refractivity contribution >= 4 is 11.4 Å². The second-order valence-electron chi connectivity index (χ2n) is 5.27. The van der Waals surface area contributed by atoms with Crippen LogP contribution >= 0.6 is 0 Å². The van der Waals surface area contributed by atoms with Gasteiger partial charge in [0.05, 0.1) is 18.4 Å². The Kier molecular flexibility index (Phi) is 5.85. The van der Waals surface area contributed by atoms with Gasteiger partial charge in [0, 0.05) is 5.69 Å². The van der Waals surface area contributed by atoms with Crippen molar-refractivity contribution < 1.29 is 4.74 Å². The average molecular weight is 294 g/mol. The Balaban J connectivity index is 2.13. The van der Waals surface area contributed by atoms with Gasteiger partial charge in [0.25, 0.3) is 0 Å². The van der Waals surface area contributed by atoms with Crippen LogP contribution in [0.15, 0.2) is 42.5 Å².